The van der Waals surface area contributed by atoms with Gasteiger partial charge in [-0.25, -0.2) is 0 Å². The van der Waals surface area contributed by atoms with Gasteiger partial charge in [-0.15, -0.1) is 0 Å². The van der Waals surface area contributed by atoms with Crippen LogP contribution in [-0.2, 0) is 11.2 Å². The minimum atomic E-state index is -0.778. The molecule has 0 fully saturated rings. The van der Waals surface area contributed by atoms with Crippen LogP contribution in [-0.4, -0.2) is 11.1 Å². The van der Waals surface area contributed by atoms with Crippen LogP contribution in [0.25, 0.3) is 0 Å². The van der Waals surface area contributed by atoms with Crippen LogP contribution in [0.1, 0.15) is 23.1 Å². The number of benzene rings is 1. The molecule has 0 radical (unpaired) electrons. The third-order valence-electron chi connectivity index (χ3n) is 2.29. The van der Waals surface area contributed by atoms with E-state index in [0.717, 1.165) is 16.7 Å². The van der Waals surface area contributed by atoms with Crippen molar-refractivity contribution >= 4 is 17.6 Å². The summed E-state index contributed by atoms with van der Waals surface area (Å²) in [6, 6.07) is 3.83. The van der Waals surface area contributed by atoms with Gasteiger partial charge in [-0.2, -0.15) is 0 Å². The molecule has 76 valence electrons. The Balaban J connectivity index is 2.84. The molecule has 0 spiro atoms. The number of halogens is 1. The van der Waals surface area contributed by atoms with Gasteiger partial charge in [0.2, 0.25) is 0 Å². The number of rotatable bonds is 3. The lowest BCUT2D eigenvalue weighted by Crippen LogP contribution is -1.98. The van der Waals surface area contributed by atoms with E-state index in [4.69, 9.17) is 16.7 Å². The van der Waals surface area contributed by atoms with E-state index in [0.29, 0.717) is 11.4 Å². The Labute approximate surface area is 88.5 Å². The van der Waals surface area contributed by atoms with Crippen molar-refractivity contribution in [3.05, 3.63) is 33.8 Å². The van der Waals surface area contributed by atoms with E-state index in [1.54, 1.807) is 0 Å². The van der Waals surface area contributed by atoms with E-state index in [1.807, 2.05) is 26.0 Å². The molecule has 1 N–H and O–H groups in total. The van der Waals surface area contributed by atoms with Gasteiger partial charge in [0.25, 0.3) is 0 Å². The number of aryl methyl sites for hydroxylation is 2. The standard InChI is InChI=1S/C11H13ClO2/c1-7-5-9(3-4-11(13)14)6-10(12)8(7)2/h5-6H,3-4H2,1-2H3,(H,13,14). The molecule has 0 saturated heterocycles. The van der Waals surface area contributed by atoms with Crippen LogP contribution in [0.5, 0.6) is 0 Å². The summed E-state index contributed by atoms with van der Waals surface area (Å²) in [7, 11) is 0. The van der Waals surface area contributed by atoms with E-state index in [9.17, 15) is 4.79 Å². The van der Waals surface area contributed by atoms with E-state index in [1.165, 1.54) is 0 Å². The van der Waals surface area contributed by atoms with Crippen LogP contribution in [0, 0.1) is 13.8 Å². The van der Waals surface area contributed by atoms with Gasteiger partial charge in [-0.1, -0.05) is 17.7 Å². The zero-order valence-corrected chi connectivity index (χ0v) is 9.06. The second-order valence-corrected chi connectivity index (χ2v) is 3.82. The zero-order valence-electron chi connectivity index (χ0n) is 8.30. The third-order valence-corrected chi connectivity index (χ3v) is 2.68. The summed E-state index contributed by atoms with van der Waals surface area (Å²) in [5.74, 6) is -0.778. The Morgan fingerprint density at radius 3 is 2.57 bits per heavy atom. The number of carbonyl (C=O) groups is 1. The summed E-state index contributed by atoms with van der Waals surface area (Å²) in [6.45, 7) is 3.93. The smallest absolute Gasteiger partial charge is 0.303 e. The molecule has 1 aromatic carbocycles. The van der Waals surface area contributed by atoms with Gasteiger partial charge in [-0.3, -0.25) is 4.79 Å². The van der Waals surface area contributed by atoms with Crippen molar-refractivity contribution in [2.24, 2.45) is 0 Å². The molecular weight excluding hydrogens is 200 g/mol. The average molecular weight is 213 g/mol. The molecule has 1 rings (SSSR count). The van der Waals surface area contributed by atoms with E-state index < -0.39 is 5.97 Å². The largest absolute Gasteiger partial charge is 0.481 e. The van der Waals surface area contributed by atoms with Crippen LogP contribution in [0.2, 0.25) is 5.02 Å². The molecule has 0 aliphatic carbocycles. The quantitative estimate of drug-likeness (QED) is 0.837. The number of hydrogen-bond acceptors (Lipinski definition) is 1. The minimum absolute atomic E-state index is 0.152. The van der Waals surface area contributed by atoms with Crippen LogP contribution < -0.4 is 0 Å². The Morgan fingerprint density at radius 2 is 2.07 bits per heavy atom. The first-order valence-corrected chi connectivity index (χ1v) is 4.86. The second-order valence-electron chi connectivity index (χ2n) is 3.41. The highest BCUT2D eigenvalue weighted by Crippen LogP contribution is 2.21. The molecule has 1 aromatic rings. The summed E-state index contributed by atoms with van der Waals surface area (Å²) in [5, 5.41) is 9.25. The molecule has 0 heterocycles. The topological polar surface area (TPSA) is 37.3 Å². The van der Waals surface area contributed by atoms with Gasteiger partial charge in [0.1, 0.15) is 0 Å². The Kier molecular flexibility index (Phi) is 3.53. The van der Waals surface area contributed by atoms with Crippen molar-refractivity contribution < 1.29 is 9.90 Å². The summed E-state index contributed by atoms with van der Waals surface area (Å²) in [4.78, 5) is 10.4. The fraction of sp³-hybridized carbons (Fsp3) is 0.364. The first-order chi connectivity index (χ1) is 6.50. The molecule has 0 aromatic heterocycles. The summed E-state index contributed by atoms with van der Waals surface area (Å²) in [6.07, 6.45) is 0.689. The number of hydrogen-bond donors (Lipinski definition) is 1. The van der Waals surface area contributed by atoms with Crippen molar-refractivity contribution in [1.29, 1.82) is 0 Å². The van der Waals surface area contributed by atoms with Gasteiger partial charge >= 0.3 is 5.97 Å². The number of aliphatic carboxylic acids is 1. The van der Waals surface area contributed by atoms with Crippen molar-refractivity contribution in [3.8, 4) is 0 Å². The highest BCUT2D eigenvalue weighted by atomic mass is 35.5. The summed E-state index contributed by atoms with van der Waals surface area (Å²) >= 11 is 5.99. The zero-order chi connectivity index (χ0) is 10.7. The lowest BCUT2D eigenvalue weighted by molar-refractivity contribution is -0.136. The summed E-state index contributed by atoms with van der Waals surface area (Å²) < 4.78 is 0. The van der Waals surface area contributed by atoms with E-state index in [2.05, 4.69) is 0 Å². The normalized spacial score (nSPS) is 10.2. The van der Waals surface area contributed by atoms with Gasteiger partial charge in [0.05, 0.1) is 0 Å². The Hall–Kier alpha value is -1.02. The predicted octanol–water partition coefficient (Wildman–Crippen LogP) is 2.97. The van der Waals surface area contributed by atoms with Crippen molar-refractivity contribution in [2.75, 3.05) is 0 Å². The van der Waals surface area contributed by atoms with Crippen LogP contribution in [0.15, 0.2) is 12.1 Å². The Morgan fingerprint density at radius 1 is 1.43 bits per heavy atom. The molecular formula is C11H13ClO2. The molecule has 0 unspecified atom stereocenters. The lowest BCUT2D eigenvalue weighted by Gasteiger charge is -2.06. The van der Waals surface area contributed by atoms with Crippen molar-refractivity contribution in [1.82, 2.24) is 0 Å². The molecule has 0 amide bonds. The monoisotopic (exact) mass is 212 g/mol. The van der Waals surface area contributed by atoms with Crippen LogP contribution >= 0.6 is 11.6 Å². The fourth-order valence-electron chi connectivity index (χ4n) is 1.28. The maximum atomic E-state index is 10.4. The van der Waals surface area contributed by atoms with Gasteiger partial charge < -0.3 is 5.11 Å². The molecule has 0 atom stereocenters. The van der Waals surface area contributed by atoms with Gasteiger partial charge in [-0.05, 0) is 43.0 Å². The average Bonchev–Trinajstić information content (AvgIpc) is 2.10. The van der Waals surface area contributed by atoms with Crippen LogP contribution in [0.3, 0.4) is 0 Å². The SMILES string of the molecule is Cc1cc(CCC(=O)O)cc(Cl)c1C. The Bertz CT molecular complexity index is 335. The third kappa shape index (κ3) is 2.74. The number of carboxylic acid groups (broad SMARTS) is 1. The van der Waals surface area contributed by atoms with Crippen LogP contribution in [0.4, 0.5) is 0 Å². The van der Waals surface area contributed by atoms with E-state index >= 15 is 0 Å². The second kappa shape index (κ2) is 4.47. The minimum Gasteiger partial charge on any atom is -0.481 e. The maximum absolute atomic E-state index is 10.4. The molecule has 0 aliphatic rings. The highest BCUT2D eigenvalue weighted by Gasteiger charge is 2.04. The lowest BCUT2D eigenvalue weighted by atomic mass is 10.0. The fourth-order valence-corrected chi connectivity index (χ4v) is 1.57. The first kappa shape index (κ1) is 11.1. The molecule has 3 heteroatoms. The summed E-state index contributed by atoms with van der Waals surface area (Å²) in [5.41, 5.74) is 3.16. The molecule has 0 aliphatic heterocycles. The first-order valence-electron chi connectivity index (χ1n) is 4.48. The maximum Gasteiger partial charge on any atom is 0.303 e. The molecule has 0 saturated carbocycles. The number of carboxylic acids is 1. The van der Waals surface area contributed by atoms with Crippen molar-refractivity contribution in [3.63, 3.8) is 0 Å². The molecule has 0 bridgehead atoms. The predicted molar refractivity (Wildman–Crippen MR) is 56.9 cm³/mol. The van der Waals surface area contributed by atoms with Gasteiger partial charge in [0.15, 0.2) is 0 Å². The molecule has 14 heavy (non-hydrogen) atoms. The van der Waals surface area contributed by atoms with E-state index in [-0.39, 0.29) is 6.42 Å². The van der Waals surface area contributed by atoms with Gasteiger partial charge in [0, 0.05) is 11.4 Å². The highest BCUT2D eigenvalue weighted by molar-refractivity contribution is 6.31. The molecule has 2 nitrogen and oxygen atoms in total. The van der Waals surface area contributed by atoms with Crippen molar-refractivity contribution in [2.45, 2.75) is 26.7 Å².